The predicted molar refractivity (Wildman–Crippen MR) is 78.4 cm³/mol. The summed E-state index contributed by atoms with van der Waals surface area (Å²) in [7, 11) is 0. The van der Waals surface area contributed by atoms with Gasteiger partial charge in [-0.25, -0.2) is 0 Å². The standard InChI is InChI=1S/C12H9Br2N3O/c13-8-4-9(6-16-5-8)17-12(18)7-1-2-11(15)10(14)3-7/h1-6H,15H2,(H,17,18). The lowest BCUT2D eigenvalue weighted by molar-refractivity contribution is 0.102. The summed E-state index contributed by atoms with van der Waals surface area (Å²) in [6.07, 6.45) is 3.23. The minimum atomic E-state index is -0.212. The number of amides is 1. The first kappa shape index (κ1) is 13.0. The van der Waals surface area contributed by atoms with E-state index in [-0.39, 0.29) is 5.91 Å². The number of anilines is 2. The van der Waals surface area contributed by atoms with Crippen molar-refractivity contribution in [2.45, 2.75) is 0 Å². The fourth-order valence-electron chi connectivity index (χ4n) is 1.35. The molecule has 0 unspecified atom stereocenters. The molecule has 0 fully saturated rings. The highest BCUT2D eigenvalue weighted by molar-refractivity contribution is 9.10. The molecule has 0 saturated carbocycles. The maximum absolute atomic E-state index is 12.0. The SMILES string of the molecule is Nc1ccc(C(=O)Nc2cncc(Br)c2)cc1Br. The van der Waals surface area contributed by atoms with Crippen molar-refractivity contribution in [3.63, 3.8) is 0 Å². The molecule has 0 aliphatic carbocycles. The lowest BCUT2D eigenvalue weighted by Crippen LogP contribution is -2.12. The molecule has 2 rings (SSSR count). The molecule has 3 N–H and O–H groups in total. The van der Waals surface area contributed by atoms with Gasteiger partial charge in [-0.1, -0.05) is 0 Å². The zero-order valence-corrected chi connectivity index (χ0v) is 12.3. The van der Waals surface area contributed by atoms with E-state index in [1.54, 1.807) is 36.7 Å². The van der Waals surface area contributed by atoms with Crippen molar-refractivity contribution in [3.05, 3.63) is 51.2 Å². The number of hydrogen-bond acceptors (Lipinski definition) is 3. The molecule has 0 aliphatic heterocycles. The highest BCUT2D eigenvalue weighted by Gasteiger charge is 2.08. The second kappa shape index (κ2) is 5.49. The van der Waals surface area contributed by atoms with Crippen molar-refractivity contribution in [2.24, 2.45) is 0 Å². The molecule has 6 heteroatoms. The van der Waals surface area contributed by atoms with E-state index in [9.17, 15) is 4.79 Å². The van der Waals surface area contributed by atoms with Gasteiger partial charge < -0.3 is 11.1 Å². The lowest BCUT2D eigenvalue weighted by atomic mass is 10.2. The smallest absolute Gasteiger partial charge is 0.255 e. The number of nitrogens with two attached hydrogens (primary N) is 1. The highest BCUT2D eigenvalue weighted by atomic mass is 79.9. The van der Waals surface area contributed by atoms with Crippen LogP contribution in [0.3, 0.4) is 0 Å². The number of carbonyl (C=O) groups is 1. The number of nitrogens with one attached hydrogen (secondary N) is 1. The zero-order chi connectivity index (χ0) is 13.1. The fraction of sp³-hybridized carbons (Fsp3) is 0. The van der Waals surface area contributed by atoms with Crippen LogP contribution in [0.5, 0.6) is 0 Å². The van der Waals surface area contributed by atoms with Crippen LogP contribution < -0.4 is 11.1 Å². The Balaban J connectivity index is 2.19. The first-order valence-electron chi connectivity index (χ1n) is 5.03. The number of nitrogen functional groups attached to an aromatic ring is 1. The van der Waals surface area contributed by atoms with Gasteiger partial charge in [-0.3, -0.25) is 9.78 Å². The summed E-state index contributed by atoms with van der Waals surface area (Å²) in [6.45, 7) is 0. The summed E-state index contributed by atoms with van der Waals surface area (Å²) < 4.78 is 1.50. The second-order valence-electron chi connectivity index (χ2n) is 3.58. The number of carbonyl (C=O) groups excluding carboxylic acids is 1. The van der Waals surface area contributed by atoms with Gasteiger partial charge in [0.25, 0.3) is 5.91 Å². The molecule has 1 aromatic carbocycles. The summed E-state index contributed by atoms with van der Waals surface area (Å²) in [5, 5.41) is 2.75. The second-order valence-corrected chi connectivity index (χ2v) is 5.35. The van der Waals surface area contributed by atoms with Gasteiger partial charge in [0.2, 0.25) is 0 Å². The van der Waals surface area contributed by atoms with Crippen LogP contribution in [-0.2, 0) is 0 Å². The van der Waals surface area contributed by atoms with Gasteiger partial charge >= 0.3 is 0 Å². The molecule has 1 aromatic heterocycles. The normalized spacial score (nSPS) is 10.1. The maximum atomic E-state index is 12.0. The minimum absolute atomic E-state index is 0.212. The van der Waals surface area contributed by atoms with Crippen LogP contribution in [0, 0.1) is 0 Å². The number of hydrogen-bond donors (Lipinski definition) is 2. The first-order valence-corrected chi connectivity index (χ1v) is 6.62. The first-order chi connectivity index (χ1) is 8.56. The van der Waals surface area contributed by atoms with Gasteiger partial charge in [-0.15, -0.1) is 0 Å². The molecular formula is C12H9Br2N3O. The molecule has 0 saturated heterocycles. The van der Waals surface area contributed by atoms with Crippen molar-refractivity contribution in [2.75, 3.05) is 11.1 Å². The van der Waals surface area contributed by atoms with Gasteiger partial charge in [0.1, 0.15) is 0 Å². The van der Waals surface area contributed by atoms with Crippen LogP contribution in [0.4, 0.5) is 11.4 Å². The molecule has 4 nitrogen and oxygen atoms in total. The van der Waals surface area contributed by atoms with E-state index in [4.69, 9.17) is 5.73 Å². The number of rotatable bonds is 2. The molecule has 0 aliphatic rings. The molecule has 2 aromatic rings. The van der Waals surface area contributed by atoms with E-state index in [1.807, 2.05) is 0 Å². The Morgan fingerprint density at radius 1 is 1.22 bits per heavy atom. The Kier molecular flexibility index (Phi) is 3.98. The lowest BCUT2D eigenvalue weighted by Gasteiger charge is -2.06. The van der Waals surface area contributed by atoms with E-state index in [0.29, 0.717) is 21.4 Å². The summed E-state index contributed by atoms with van der Waals surface area (Å²) in [5.41, 5.74) is 7.41. The van der Waals surface area contributed by atoms with Crippen LogP contribution in [0.25, 0.3) is 0 Å². The summed E-state index contributed by atoms with van der Waals surface area (Å²) in [6, 6.07) is 6.80. The van der Waals surface area contributed by atoms with E-state index in [0.717, 1.165) is 4.47 Å². The molecular weight excluding hydrogens is 362 g/mol. The maximum Gasteiger partial charge on any atom is 0.255 e. The van der Waals surface area contributed by atoms with E-state index in [1.165, 1.54) is 0 Å². The van der Waals surface area contributed by atoms with E-state index < -0.39 is 0 Å². The zero-order valence-electron chi connectivity index (χ0n) is 9.15. The Bertz CT molecular complexity index is 602. The van der Waals surface area contributed by atoms with Gasteiger partial charge in [0, 0.05) is 26.4 Å². The average Bonchev–Trinajstić information content (AvgIpc) is 2.32. The van der Waals surface area contributed by atoms with Crippen LogP contribution in [-0.4, -0.2) is 10.9 Å². The van der Waals surface area contributed by atoms with Gasteiger partial charge in [-0.2, -0.15) is 0 Å². The predicted octanol–water partition coefficient (Wildman–Crippen LogP) is 3.44. The van der Waals surface area contributed by atoms with Crippen molar-refractivity contribution in [1.29, 1.82) is 0 Å². The van der Waals surface area contributed by atoms with E-state index in [2.05, 4.69) is 42.2 Å². The molecule has 92 valence electrons. The topological polar surface area (TPSA) is 68.0 Å². The molecule has 18 heavy (non-hydrogen) atoms. The Labute approximate surface area is 121 Å². The van der Waals surface area contributed by atoms with Crippen LogP contribution >= 0.6 is 31.9 Å². The number of nitrogens with zero attached hydrogens (tertiary/aromatic N) is 1. The third-order valence-corrected chi connectivity index (χ3v) is 3.35. The largest absolute Gasteiger partial charge is 0.398 e. The molecule has 1 amide bonds. The van der Waals surface area contributed by atoms with Crippen LogP contribution in [0.2, 0.25) is 0 Å². The number of benzene rings is 1. The van der Waals surface area contributed by atoms with Crippen molar-refractivity contribution < 1.29 is 4.79 Å². The Morgan fingerprint density at radius 2 is 2.00 bits per heavy atom. The van der Waals surface area contributed by atoms with E-state index >= 15 is 0 Å². The molecule has 1 heterocycles. The highest BCUT2D eigenvalue weighted by Crippen LogP contribution is 2.21. The number of halogens is 2. The van der Waals surface area contributed by atoms with Crippen molar-refractivity contribution in [3.8, 4) is 0 Å². The molecule has 0 bridgehead atoms. The third kappa shape index (κ3) is 3.08. The number of aromatic nitrogens is 1. The Morgan fingerprint density at radius 3 is 2.67 bits per heavy atom. The minimum Gasteiger partial charge on any atom is -0.398 e. The quantitative estimate of drug-likeness (QED) is 0.795. The molecule has 0 atom stereocenters. The third-order valence-electron chi connectivity index (χ3n) is 2.23. The number of pyridine rings is 1. The summed E-state index contributed by atoms with van der Waals surface area (Å²) in [5.74, 6) is -0.212. The fourth-order valence-corrected chi connectivity index (χ4v) is 2.10. The van der Waals surface area contributed by atoms with Gasteiger partial charge in [0.15, 0.2) is 0 Å². The van der Waals surface area contributed by atoms with Gasteiger partial charge in [-0.05, 0) is 56.1 Å². The monoisotopic (exact) mass is 369 g/mol. The van der Waals surface area contributed by atoms with Gasteiger partial charge in [0.05, 0.1) is 11.9 Å². The van der Waals surface area contributed by atoms with Crippen molar-refractivity contribution in [1.82, 2.24) is 4.98 Å². The average molecular weight is 371 g/mol. The van der Waals surface area contributed by atoms with Crippen LogP contribution in [0.1, 0.15) is 10.4 Å². The Hall–Kier alpha value is -1.40. The summed E-state index contributed by atoms with van der Waals surface area (Å²) >= 11 is 6.58. The van der Waals surface area contributed by atoms with Crippen molar-refractivity contribution >= 4 is 49.1 Å². The van der Waals surface area contributed by atoms with Crippen LogP contribution in [0.15, 0.2) is 45.6 Å². The molecule has 0 spiro atoms. The molecule has 0 radical (unpaired) electrons. The summed E-state index contributed by atoms with van der Waals surface area (Å²) in [4.78, 5) is 15.9.